The second-order valence-electron chi connectivity index (χ2n) is 5.54. The molecule has 0 atom stereocenters. The molecule has 0 saturated carbocycles. The number of amides is 2. The predicted octanol–water partition coefficient (Wildman–Crippen LogP) is 1.18. The van der Waals surface area contributed by atoms with E-state index in [1.807, 2.05) is 6.92 Å². The number of nitrogens with one attached hydrogen (secondary N) is 2. The molecule has 1 aliphatic heterocycles. The van der Waals surface area contributed by atoms with Crippen LogP contribution in [0.15, 0.2) is 18.2 Å². The molecule has 1 aromatic carbocycles. The molecular formula is C15H20FN3O2. The first-order chi connectivity index (χ1) is 9.87. The monoisotopic (exact) mass is 293 g/mol. The van der Waals surface area contributed by atoms with Crippen molar-refractivity contribution < 1.29 is 14.0 Å². The summed E-state index contributed by atoms with van der Waals surface area (Å²) in [5, 5.41) is 5.40. The zero-order chi connectivity index (χ0) is 15.6. The number of imide groups is 1. The number of benzene rings is 1. The lowest BCUT2D eigenvalue weighted by atomic mass is 9.96. The Hall–Kier alpha value is -1.95. The number of hydrogen-bond acceptors (Lipinski definition) is 4. The lowest BCUT2D eigenvalue weighted by Gasteiger charge is -2.42. The predicted molar refractivity (Wildman–Crippen MR) is 78.4 cm³/mol. The van der Waals surface area contributed by atoms with E-state index >= 15 is 0 Å². The molecule has 2 N–H and O–H groups in total. The zero-order valence-electron chi connectivity index (χ0n) is 12.5. The van der Waals surface area contributed by atoms with Crippen molar-refractivity contribution in [2.75, 3.05) is 18.0 Å². The van der Waals surface area contributed by atoms with E-state index in [0.29, 0.717) is 24.3 Å². The number of piperazine rings is 1. The molecule has 0 aromatic heterocycles. The average Bonchev–Trinajstić information content (AvgIpc) is 2.42. The van der Waals surface area contributed by atoms with E-state index in [0.717, 1.165) is 0 Å². The maximum absolute atomic E-state index is 14.1. The molecule has 2 amide bonds. The number of carbonyl (C=O) groups excluding carboxylic acids is 2. The molecule has 0 radical (unpaired) electrons. The highest BCUT2D eigenvalue weighted by Gasteiger charge is 2.41. The van der Waals surface area contributed by atoms with Crippen LogP contribution in [0.3, 0.4) is 0 Å². The summed E-state index contributed by atoms with van der Waals surface area (Å²) in [4.78, 5) is 25.4. The van der Waals surface area contributed by atoms with Crippen molar-refractivity contribution in [2.45, 2.75) is 32.9 Å². The van der Waals surface area contributed by atoms with Crippen molar-refractivity contribution in [3.8, 4) is 0 Å². The molecule has 1 aliphatic rings. The molecular weight excluding hydrogens is 273 g/mol. The summed E-state index contributed by atoms with van der Waals surface area (Å²) in [6.07, 6.45) is 0. The second-order valence-corrected chi connectivity index (χ2v) is 5.54. The highest BCUT2D eigenvalue weighted by atomic mass is 19.1. The van der Waals surface area contributed by atoms with E-state index < -0.39 is 5.54 Å². The lowest BCUT2D eigenvalue weighted by molar-refractivity contribution is -0.135. The van der Waals surface area contributed by atoms with Crippen molar-refractivity contribution in [1.82, 2.24) is 10.6 Å². The highest BCUT2D eigenvalue weighted by Crippen LogP contribution is 2.30. The first-order valence-electron chi connectivity index (χ1n) is 6.98. The minimum Gasteiger partial charge on any atom is -0.348 e. The molecule has 5 nitrogen and oxygen atoms in total. The van der Waals surface area contributed by atoms with Gasteiger partial charge in [-0.15, -0.1) is 0 Å². The van der Waals surface area contributed by atoms with Crippen LogP contribution in [0.1, 0.15) is 26.3 Å². The minimum absolute atomic E-state index is 0.0291. The third kappa shape index (κ3) is 2.90. The first kappa shape index (κ1) is 15.4. The van der Waals surface area contributed by atoms with E-state index in [2.05, 4.69) is 10.6 Å². The number of halogens is 1. The number of rotatable bonds is 4. The van der Waals surface area contributed by atoms with Gasteiger partial charge in [0.1, 0.15) is 11.4 Å². The molecule has 1 aromatic rings. The summed E-state index contributed by atoms with van der Waals surface area (Å²) in [6, 6.07) is 4.71. The standard InChI is InChI=1S/C15H20FN3O2/c1-4-17-8-10-11(16)6-5-7-12(10)19-9-13(20)18-14(21)15(19,2)3/h5-7,17H,4,8-9H2,1-3H3,(H,18,20,21). The van der Waals surface area contributed by atoms with E-state index in [1.54, 1.807) is 30.9 Å². The Morgan fingerprint density at radius 3 is 2.76 bits per heavy atom. The molecule has 114 valence electrons. The molecule has 1 saturated heterocycles. The van der Waals surface area contributed by atoms with E-state index in [-0.39, 0.29) is 24.2 Å². The van der Waals surface area contributed by atoms with Gasteiger partial charge in [-0.1, -0.05) is 13.0 Å². The Labute approximate surface area is 123 Å². The van der Waals surface area contributed by atoms with Gasteiger partial charge in [-0.2, -0.15) is 0 Å². The molecule has 0 unspecified atom stereocenters. The summed E-state index contributed by atoms with van der Waals surface area (Å²) in [5.74, 6) is -1.10. The fourth-order valence-corrected chi connectivity index (χ4v) is 2.39. The van der Waals surface area contributed by atoms with Gasteiger partial charge in [0.25, 0.3) is 5.91 Å². The van der Waals surface area contributed by atoms with Crippen molar-refractivity contribution in [3.05, 3.63) is 29.6 Å². The minimum atomic E-state index is -0.914. The van der Waals surface area contributed by atoms with Crippen LogP contribution in [-0.2, 0) is 16.1 Å². The maximum Gasteiger partial charge on any atom is 0.251 e. The van der Waals surface area contributed by atoms with Crippen molar-refractivity contribution in [3.63, 3.8) is 0 Å². The molecule has 1 fully saturated rings. The van der Waals surface area contributed by atoms with Crippen LogP contribution in [-0.4, -0.2) is 30.4 Å². The van der Waals surface area contributed by atoms with E-state index in [1.165, 1.54) is 6.07 Å². The SMILES string of the molecule is CCNCc1c(F)cccc1N1CC(=O)NC(=O)C1(C)C. The first-order valence-corrected chi connectivity index (χ1v) is 6.98. The molecule has 0 spiro atoms. The van der Waals surface area contributed by atoms with Gasteiger partial charge < -0.3 is 10.2 Å². The molecule has 0 aliphatic carbocycles. The van der Waals surface area contributed by atoms with E-state index in [9.17, 15) is 14.0 Å². The molecule has 2 rings (SSSR count). The third-order valence-electron chi connectivity index (χ3n) is 3.72. The molecule has 1 heterocycles. The lowest BCUT2D eigenvalue weighted by Crippen LogP contribution is -2.64. The fraction of sp³-hybridized carbons (Fsp3) is 0.467. The Bertz CT molecular complexity index is 572. The van der Waals surface area contributed by atoms with Gasteiger partial charge >= 0.3 is 0 Å². The van der Waals surface area contributed by atoms with Gasteiger partial charge in [-0.25, -0.2) is 4.39 Å². The van der Waals surface area contributed by atoms with Crippen LogP contribution in [0.4, 0.5) is 10.1 Å². The number of anilines is 1. The maximum atomic E-state index is 14.1. The smallest absolute Gasteiger partial charge is 0.251 e. The molecule has 0 bridgehead atoms. The number of hydrogen-bond donors (Lipinski definition) is 2. The summed E-state index contributed by atoms with van der Waals surface area (Å²) in [6.45, 7) is 6.45. The topological polar surface area (TPSA) is 61.4 Å². The summed E-state index contributed by atoms with van der Waals surface area (Å²) in [5.41, 5.74) is 0.127. The van der Waals surface area contributed by atoms with Crippen LogP contribution in [0.25, 0.3) is 0 Å². The van der Waals surface area contributed by atoms with Crippen LogP contribution in [0, 0.1) is 5.82 Å². The second kappa shape index (κ2) is 5.81. The van der Waals surface area contributed by atoms with Gasteiger partial charge in [0.2, 0.25) is 5.91 Å². The van der Waals surface area contributed by atoms with Gasteiger partial charge in [0, 0.05) is 17.8 Å². The molecule has 6 heteroatoms. The van der Waals surface area contributed by atoms with E-state index in [4.69, 9.17) is 0 Å². The Morgan fingerprint density at radius 2 is 2.10 bits per heavy atom. The van der Waals surface area contributed by atoms with Crippen molar-refractivity contribution in [2.24, 2.45) is 0 Å². The van der Waals surface area contributed by atoms with Crippen LogP contribution < -0.4 is 15.5 Å². The van der Waals surface area contributed by atoms with Crippen LogP contribution in [0.2, 0.25) is 0 Å². The Balaban J connectivity index is 2.46. The normalized spacial score (nSPS) is 17.8. The molecule has 21 heavy (non-hydrogen) atoms. The van der Waals surface area contributed by atoms with Crippen molar-refractivity contribution >= 4 is 17.5 Å². The van der Waals surface area contributed by atoms with Gasteiger partial charge in [-0.3, -0.25) is 14.9 Å². The Kier molecular flexibility index (Phi) is 4.27. The Morgan fingerprint density at radius 1 is 1.38 bits per heavy atom. The third-order valence-corrected chi connectivity index (χ3v) is 3.72. The van der Waals surface area contributed by atoms with Crippen LogP contribution >= 0.6 is 0 Å². The number of nitrogens with zero attached hydrogens (tertiary/aromatic N) is 1. The summed E-state index contributed by atoms with van der Waals surface area (Å²) < 4.78 is 14.1. The highest BCUT2D eigenvalue weighted by molar-refractivity contribution is 6.06. The summed E-state index contributed by atoms with van der Waals surface area (Å²) >= 11 is 0. The zero-order valence-corrected chi connectivity index (χ0v) is 12.5. The largest absolute Gasteiger partial charge is 0.348 e. The van der Waals surface area contributed by atoms with Gasteiger partial charge in [-0.05, 0) is 32.5 Å². The van der Waals surface area contributed by atoms with Crippen molar-refractivity contribution in [1.29, 1.82) is 0 Å². The number of carbonyl (C=O) groups is 2. The van der Waals surface area contributed by atoms with Gasteiger partial charge in [0.05, 0.1) is 6.54 Å². The van der Waals surface area contributed by atoms with Crippen LogP contribution in [0.5, 0.6) is 0 Å². The fourth-order valence-electron chi connectivity index (χ4n) is 2.39. The quantitative estimate of drug-likeness (QED) is 0.818. The van der Waals surface area contributed by atoms with Gasteiger partial charge in [0.15, 0.2) is 0 Å². The summed E-state index contributed by atoms with van der Waals surface area (Å²) in [7, 11) is 0. The average molecular weight is 293 g/mol.